The molecular formula is C24H26N2O3. The number of benzene rings is 2. The number of ether oxygens (including phenoxy) is 1. The molecule has 3 aromatic rings. The van der Waals surface area contributed by atoms with E-state index in [9.17, 15) is 4.79 Å². The van der Waals surface area contributed by atoms with Crippen molar-refractivity contribution in [1.29, 1.82) is 0 Å². The lowest BCUT2D eigenvalue weighted by atomic mass is 9.98. The second-order valence-electron chi connectivity index (χ2n) is 6.80. The van der Waals surface area contributed by atoms with Crippen molar-refractivity contribution in [2.24, 2.45) is 0 Å². The molecule has 5 heteroatoms. The van der Waals surface area contributed by atoms with Crippen molar-refractivity contribution in [3.8, 4) is 22.4 Å². The van der Waals surface area contributed by atoms with Gasteiger partial charge in [0.25, 0.3) is 0 Å². The van der Waals surface area contributed by atoms with Crippen molar-refractivity contribution in [2.75, 3.05) is 19.8 Å². The van der Waals surface area contributed by atoms with E-state index in [2.05, 4.69) is 35.6 Å². The maximum absolute atomic E-state index is 10.4. The van der Waals surface area contributed by atoms with Crippen LogP contribution in [0.25, 0.3) is 22.4 Å². The molecule has 0 radical (unpaired) electrons. The number of nitrogens with one attached hydrogen (secondary N) is 1. The minimum absolute atomic E-state index is 0.227. The van der Waals surface area contributed by atoms with Crippen molar-refractivity contribution in [1.82, 2.24) is 10.3 Å². The van der Waals surface area contributed by atoms with Crippen LogP contribution in [0, 0.1) is 0 Å². The van der Waals surface area contributed by atoms with Crippen molar-refractivity contribution in [3.63, 3.8) is 0 Å². The van der Waals surface area contributed by atoms with Gasteiger partial charge in [-0.1, -0.05) is 60.7 Å². The van der Waals surface area contributed by atoms with Gasteiger partial charge in [-0.3, -0.25) is 4.98 Å². The van der Waals surface area contributed by atoms with E-state index in [1.807, 2.05) is 42.6 Å². The molecule has 0 aliphatic rings. The number of carboxylic acids is 1. The van der Waals surface area contributed by atoms with Crippen molar-refractivity contribution >= 4 is 5.97 Å². The molecule has 5 nitrogen and oxygen atoms in total. The third-order valence-electron chi connectivity index (χ3n) is 4.52. The van der Waals surface area contributed by atoms with Crippen LogP contribution in [0.3, 0.4) is 0 Å². The lowest BCUT2D eigenvalue weighted by Crippen LogP contribution is -2.16. The molecule has 0 spiro atoms. The Labute approximate surface area is 171 Å². The zero-order valence-corrected chi connectivity index (χ0v) is 16.4. The Morgan fingerprint density at radius 2 is 1.66 bits per heavy atom. The second-order valence-corrected chi connectivity index (χ2v) is 6.80. The van der Waals surface area contributed by atoms with Gasteiger partial charge in [0, 0.05) is 30.5 Å². The van der Waals surface area contributed by atoms with E-state index < -0.39 is 5.97 Å². The molecule has 0 fully saturated rings. The van der Waals surface area contributed by atoms with Crippen LogP contribution >= 0.6 is 0 Å². The number of carbonyl (C=O) groups is 1. The number of carboxylic acid groups (broad SMARTS) is 1. The molecule has 0 saturated heterocycles. The first-order valence-corrected chi connectivity index (χ1v) is 9.84. The topological polar surface area (TPSA) is 71.5 Å². The Hall–Kier alpha value is -3.02. The van der Waals surface area contributed by atoms with E-state index in [4.69, 9.17) is 14.8 Å². The number of aliphatic carboxylic acids is 1. The van der Waals surface area contributed by atoms with E-state index in [0.29, 0.717) is 6.61 Å². The second kappa shape index (κ2) is 11.1. The molecule has 0 unspecified atom stereocenters. The van der Waals surface area contributed by atoms with Crippen LogP contribution in [0.2, 0.25) is 0 Å². The van der Waals surface area contributed by atoms with E-state index in [1.54, 1.807) is 0 Å². The molecule has 1 heterocycles. The molecule has 2 aromatic carbocycles. The summed E-state index contributed by atoms with van der Waals surface area (Å²) in [6.45, 7) is 1.82. The first-order chi connectivity index (χ1) is 14.2. The molecule has 1 aromatic heterocycles. The predicted octanol–water partition coefficient (Wildman–Crippen LogP) is 4.39. The highest BCUT2D eigenvalue weighted by molar-refractivity contribution is 5.80. The highest BCUT2D eigenvalue weighted by Gasteiger charge is 2.10. The SMILES string of the molecule is O=C(O)COCCCCNCc1cnc(-c2ccccc2)c(-c2ccccc2)c1. The van der Waals surface area contributed by atoms with Gasteiger partial charge in [0.15, 0.2) is 0 Å². The number of nitrogens with zero attached hydrogens (tertiary/aromatic N) is 1. The Bertz CT molecular complexity index is 899. The van der Waals surface area contributed by atoms with Gasteiger partial charge in [-0.25, -0.2) is 4.79 Å². The summed E-state index contributed by atoms with van der Waals surface area (Å²) >= 11 is 0. The molecule has 0 amide bonds. The lowest BCUT2D eigenvalue weighted by Gasteiger charge is -2.12. The fourth-order valence-corrected chi connectivity index (χ4v) is 3.11. The summed E-state index contributed by atoms with van der Waals surface area (Å²) in [6, 6.07) is 22.8. The van der Waals surface area contributed by atoms with Gasteiger partial charge in [-0.2, -0.15) is 0 Å². The van der Waals surface area contributed by atoms with Crippen molar-refractivity contribution in [3.05, 3.63) is 78.5 Å². The number of rotatable bonds is 11. The summed E-state index contributed by atoms with van der Waals surface area (Å²) in [5.41, 5.74) is 5.49. The minimum atomic E-state index is -0.927. The van der Waals surface area contributed by atoms with Crippen LogP contribution in [0.15, 0.2) is 72.9 Å². The maximum Gasteiger partial charge on any atom is 0.329 e. The highest BCUT2D eigenvalue weighted by atomic mass is 16.5. The van der Waals surface area contributed by atoms with Gasteiger partial charge in [-0.15, -0.1) is 0 Å². The zero-order chi connectivity index (χ0) is 20.3. The predicted molar refractivity (Wildman–Crippen MR) is 115 cm³/mol. The molecule has 0 aliphatic carbocycles. The van der Waals surface area contributed by atoms with Crippen LogP contribution < -0.4 is 5.32 Å². The number of unbranched alkanes of at least 4 members (excludes halogenated alkanes) is 1. The van der Waals surface area contributed by atoms with Crippen LogP contribution in [0.1, 0.15) is 18.4 Å². The monoisotopic (exact) mass is 390 g/mol. The average Bonchev–Trinajstić information content (AvgIpc) is 2.76. The van der Waals surface area contributed by atoms with Crippen LogP contribution in [0.4, 0.5) is 0 Å². The third kappa shape index (κ3) is 6.52. The number of hydrogen-bond donors (Lipinski definition) is 2. The minimum Gasteiger partial charge on any atom is -0.480 e. The molecule has 0 atom stereocenters. The zero-order valence-electron chi connectivity index (χ0n) is 16.4. The quantitative estimate of drug-likeness (QED) is 0.475. The Morgan fingerprint density at radius 1 is 0.966 bits per heavy atom. The van der Waals surface area contributed by atoms with Gasteiger partial charge >= 0.3 is 5.97 Å². The first-order valence-electron chi connectivity index (χ1n) is 9.84. The first kappa shape index (κ1) is 20.7. The number of pyridine rings is 1. The summed E-state index contributed by atoms with van der Waals surface area (Å²) in [6.07, 6.45) is 3.69. The summed E-state index contributed by atoms with van der Waals surface area (Å²) in [5, 5.41) is 12.0. The summed E-state index contributed by atoms with van der Waals surface area (Å²) in [4.78, 5) is 15.2. The Morgan fingerprint density at radius 3 is 2.34 bits per heavy atom. The van der Waals surface area contributed by atoms with Crippen molar-refractivity contribution < 1.29 is 14.6 Å². The lowest BCUT2D eigenvalue weighted by molar-refractivity contribution is -0.142. The fraction of sp³-hybridized carbons (Fsp3) is 0.250. The fourth-order valence-electron chi connectivity index (χ4n) is 3.11. The van der Waals surface area contributed by atoms with E-state index in [1.165, 1.54) is 0 Å². The van der Waals surface area contributed by atoms with Crippen LogP contribution in [-0.2, 0) is 16.1 Å². The van der Waals surface area contributed by atoms with Gasteiger partial charge in [0.05, 0.1) is 5.69 Å². The van der Waals surface area contributed by atoms with Crippen LogP contribution in [0.5, 0.6) is 0 Å². The van der Waals surface area contributed by atoms with E-state index in [0.717, 1.165) is 53.9 Å². The normalized spacial score (nSPS) is 10.8. The maximum atomic E-state index is 10.4. The standard InChI is InChI=1S/C24H26N2O3/c27-23(28)18-29-14-8-7-13-25-16-19-15-22(20-9-3-1-4-10-20)24(26-17-19)21-11-5-2-6-12-21/h1-6,9-12,15,17,25H,7-8,13-14,16,18H2,(H,27,28). The Balaban J connectivity index is 1.61. The summed E-state index contributed by atoms with van der Waals surface area (Å²) in [5.74, 6) is -0.927. The molecule has 0 aliphatic heterocycles. The molecule has 2 N–H and O–H groups in total. The molecule has 3 rings (SSSR count). The average molecular weight is 390 g/mol. The summed E-state index contributed by atoms with van der Waals surface area (Å²) < 4.78 is 5.04. The van der Waals surface area contributed by atoms with E-state index >= 15 is 0 Å². The molecule has 0 saturated carbocycles. The highest BCUT2D eigenvalue weighted by Crippen LogP contribution is 2.30. The summed E-state index contributed by atoms with van der Waals surface area (Å²) in [7, 11) is 0. The van der Waals surface area contributed by atoms with Gasteiger partial charge in [0.2, 0.25) is 0 Å². The molecule has 150 valence electrons. The number of aromatic nitrogens is 1. The number of hydrogen-bond acceptors (Lipinski definition) is 4. The van der Waals surface area contributed by atoms with E-state index in [-0.39, 0.29) is 6.61 Å². The van der Waals surface area contributed by atoms with Gasteiger partial charge < -0.3 is 15.2 Å². The molecule has 29 heavy (non-hydrogen) atoms. The largest absolute Gasteiger partial charge is 0.480 e. The smallest absolute Gasteiger partial charge is 0.329 e. The van der Waals surface area contributed by atoms with Crippen LogP contribution in [-0.4, -0.2) is 35.8 Å². The Kier molecular flexibility index (Phi) is 7.92. The third-order valence-corrected chi connectivity index (χ3v) is 4.52. The van der Waals surface area contributed by atoms with Crippen molar-refractivity contribution in [2.45, 2.75) is 19.4 Å². The van der Waals surface area contributed by atoms with Gasteiger partial charge in [0.1, 0.15) is 6.61 Å². The molecular weight excluding hydrogens is 364 g/mol. The molecule has 0 bridgehead atoms. The van der Waals surface area contributed by atoms with Gasteiger partial charge in [-0.05, 0) is 36.6 Å².